The second-order valence-electron chi connectivity index (χ2n) is 8.24. The number of phenolic OH excluding ortho intramolecular Hbond substituents is 1. The van der Waals surface area contributed by atoms with Crippen molar-refractivity contribution in [2.75, 3.05) is 7.05 Å². The van der Waals surface area contributed by atoms with E-state index in [9.17, 15) is 23.1 Å². The van der Waals surface area contributed by atoms with Gasteiger partial charge in [-0.3, -0.25) is 4.79 Å². The van der Waals surface area contributed by atoms with Gasteiger partial charge in [0.25, 0.3) is 5.76 Å². The minimum absolute atomic E-state index is 0.0776. The number of aromatic hydroxyl groups is 1. The normalized spacial score (nSPS) is 12.6. The Bertz CT molecular complexity index is 1360. The first-order valence-corrected chi connectivity index (χ1v) is 10.6. The van der Waals surface area contributed by atoms with Crippen LogP contribution in [0.15, 0.2) is 75.9 Å². The molecule has 4 aromatic rings. The van der Waals surface area contributed by atoms with Crippen molar-refractivity contribution in [1.29, 1.82) is 0 Å². The number of quaternary nitrogens is 1. The van der Waals surface area contributed by atoms with Gasteiger partial charge in [-0.2, -0.15) is 13.2 Å². The molecular weight excluding hydrogens is 447 g/mol. The van der Waals surface area contributed by atoms with Crippen LogP contribution in [0.2, 0.25) is 0 Å². The van der Waals surface area contributed by atoms with Gasteiger partial charge in [-0.05, 0) is 31.2 Å². The lowest BCUT2D eigenvalue weighted by Crippen LogP contribution is -3.06. The summed E-state index contributed by atoms with van der Waals surface area (Å²) < 4.78 is 52.4. The lowest BCUT2D eigenvalue weighted by atomic mass is 10.1. The molecule has 3 aromatic carbocycles. The summed E-state index contributed by atoms with van der Waals surface area (Å²) in [5, 5.41) is 10.3. The first-order chi connectivity index (χ1) is 16.1. The molecule has 0 aliphatic carbocycles. The maximum atomic E-state index is 13.9. The fourth-order valence-electron chi connectivity index (χ4n) is 3.77. The number of hydrogen-bond acceptors (Lipinski definition) is 4. The Labute approximate surface area is 193 Å². The van der Waals surface area contributed by atoms with E-state index >= 15 is 0 Å². The van der Waals surface area contributed by atoms with Gasteiger partial charge < -0.3 is 19.2 Å². The molecule has 0 spiro atoms. The molecule has 0 amide bonds. The highest BCUT2D eigenvalue weighted by molar-refractivity contribution is 5.83. The van der Waals surface area contributed by atoms with Gasteiger partial charge in [-0.25, -0.2) is 0 Å². The van der Waals surface area contributed by atoms with Gasteiger partial charge in [-0.1, -0.05) is 48.0 Å². The minimum Gasteiger partial charge on any atom is -0.507 e. The first kappa shape index (κ1) is 23.4. The van der Waals surface area contributed by atoms with E-state index in [-0.39, 0.29) is 34.6 Å². The number of nitrogens with one attached hydrogen (secondary N) is 1. The van der Waals surface area contributed by atoms with E-state index in [4.69, 9.17) is 9.15 Å². The van der Waals surface area contributed by atoms with Gasteiger partial charge in [-0.15, -0.1) is 0 Å². The highest BCUT2D eigenvalue weighted by Gasteiger charge is 2.41. The Morgan fingerprint density at radius 1 is 0.971 bits per heavy atom. The Balaban J connectivity index is 1.80. The second-order valence-corrected chi connectivity index (χ2v) is 8.24. The van der Waals surface area contributed by atoms with Gasteiger partial charge in [0.05, 0.1) is 18.0 Å². The number of phenols is 1. The van der Waals surface area contributed by atoms with Crippen LogP contribution in [0, 0.1) is 6.92 Å². The Morgan fingerprint density at radius 2 is 1.65 bits per heavy atom. The predicted molar refractivity (Wildman–Crippen MR) is 121 cm³/mol. The summed E-state index contributed by atoms with van der Waals surface area (Å²) in [6.07, 6.45) is -4.99. The number of ether oxygens (including phenoxy) is 1. The fourth-order valence-corrected chi connectivity index (χ4v) is 3.77. The number of halogens is 3. The van der Waals surface area contributed by atoms with Crippen LogP contribution >= 0.6 is 0 Å². The zero-order chi connectivity index (χ0) is 24.5. The molecular formula is C26H23F3NO4+. The van der Waals surface area contributed by atoms with Crippen molar-refractivity contribution in [1.82, 2.24) is 0 Å². The number of fused-ring (bicyclic) bond motifs is 1. The molecule has 0 fully saturated rings. The highest BCUT2D eigenvalue weighted by atomic mass is 19.4. The molecule has 0 aliphatic heterocycles. The molecule has 0 aliphatic rings. The molecule has 1 unspecified atom stereocenters. The Kier molecular flexibility index (Phi) is 6.34. The van der Waals surface area contributed by atoms with Gasteiger partial charge in [0.1, 0.15) is 24.6 Å². The van der Waals surface area contributed by atoms with Crippen molar-refractivity contribution in [3.63, 3.8) is 0 Å². The first-order valence-electron chi connectivity index (χ1n) is 10.6. The zero-order valence-electron chi connectivity index (χ0n) is 18.6. The predicted octanol–water partition coefficient (Wildman–Crippen LogP) is 4.83. The summed E-state index contributed by atoms with van der Waals surface area (Å²) in [7, 11) is 1.84. The molecule has 0 saturated carbocycles. The average Bonchev–Trinajstić information content (AvgIpc) is 2.78. The summed E-state index contributed by atoms with van der Waals surface area (Å²) in [5.41, 5.74) is 0.759. The van der Waals surface area contributed by atoms with Crippen LogP contribution in [0.25, 0.3) is 11.0 Å². The van der Waals surface area contributed by atoms with E-state index in [1.807, 2.05) is 44.3 Å². The van der Waals surface area contributed by atoms with E-state index in [1.165, 1.54) is 24.3 Å². The number of hydrogen-bond donors (Lipinski definition) is 2. The zero-order valence-corrected chi connectivity index (χ0v) is 18.6. The Hall–Kier alpha value is -3.78. The van der Waals surface area contributed by atoms with Crippen LogP contribution < -0.4 is 15.1 Å². The van der Waals surface area contributed by atoms with Crippen molar-refractivity contribution < 1.29 is 32.3 Å². The minimum atomic E-state index is -4.99. The van der Waals surface area contributed by atoms with Crippen LogP contribution in [-0.2, 0) is 19.3 Å². The number of rotatable bonds is 6. The topological polar surface area (TPSA) is 64.1 Å². The highest BCUT2D eigenvalue weighted by Crippen LogP contribution is 2.39. The number of benzene rings is 3. The average molecular weight is 470 g/mol. The quantitative estimate of drug-likeness (QED) is 0.424. The number of alkyl halides is 3. The molecule has 2 N–H and O–H groups in total. The van der Waals surface area contributed by atoms with Crippen LogP contribution in [0.4, 0.5) is 13.2 Å². The van der Waals surface area contributed by atoms with Gasteiger partial charge >= 0.3 is 6.18 Å². The summed E-state index contributed by atoms with van der Waals surface area (Å²) >= 11 is 0. The van der Waals surface area contributed by atoms with Crippen LogP contribution in [0.5, 0.6) is 17.2 Å². The monoisotopic (exact) mass is 470 g/mol. The Morgan fingerprint density at radius 3 is 2.29 bits per heavy atom. The molecule has 5 nitrogen and oxygen atoms in total. The second kappa shape index (κ2) is 9.23. The van der Waals surface area contributed by atoms with Crippen LogP contribution in [0.3, 0.4) is 0 Å². The molecule has 34 heavy (non-hydrogen) atoms. The summed E-state index contributed by atoms with van der Waals surface area (Å²) in [6, 6.07) is 18.3. The van der Waals surface area contributed by atoms with Gasteiger partial charge in [0.15, 0.2) is 5.58 Å². The van der Waals surface area contributed by atoms with Crippen molar-refractivity contribution in [3.8, 4) is 17.2 Å². The lowest BCUT2D eigenvalue weighted by Gasteiger charge is -2.18. The largest absolute Gasteiger partial charge is 0.507 e. The van der Waals surface area contributed by atoms with Gasteiger partial charge in [0, 0.05) is 5.56 Å². The molecule has 4 rings (SSSR count). The van der Waals surface area contributed by atoms with E-state index in [0.717, 1.165) is 16.0 Å². The SMILES string of the molecule is Cc1ccc(Oc2c(C(F)(F)F)oc3c(C[NH+](C)Cc4ccccc4)c(O)ccc3c2=O)cc1. The molecule has 0 saturated heterocycles. The summed E-state index contributed by atoms with van der Waals surface area (Å²) in [5.74, 6) is -2.65. The lowest BCUT2D eigenvalue weighted by molar-refractivity contribution is -0.907. The third kappa shape index (κ3) is 4.92. The van der Waals surface area contributed by atoms with Crippen molar-refractivity contribution >= 4 is 11.0 Å². The number of aryl methyl sites for hydroxylation is 1. The van der Waals surface area contributed by atoms with Crippen LogP contribution in [-0.4, -0.2) is 12.2 Å². The molecule has 1 atom stereocenters. The fraction of sp³-hybridized carbons (Fsp3) is 0.192. The maximum absolute atomic E-state index is 13.9. The van der Waals surface area contributed by atoms with Gasteiger partial charge in [0.2, 0.25) is 11.2 Å². The molecule has 8 heteroatoms. The smallest absolute Gasteiger partial charge is 0.453 e. The van der Waals surface area contributed by atoms with Crippen molar-refractivity contribution in [2.24, 2.45) is 0 Å². The standard InChI is InChI=1S/C26H22F3NO4/c1-16-8-10-18(11-9-16)33-24-22(32)19-12-13-21(31)20(23(19)34-25(24)26(27,28)29)15-30(2)14-17-6-4-3-5-7-17/h3-13,31H,14-15H2,1-2H3/p+1. The molecule has 0 bridgehead atoms. The molecule has 0 radical (unpaired) electrons. The van der Waals surface area contributed by atoms with E-state index in [1.54, 1.807) is 12.1 Å². The van der Waals surface area contributed by atoms with Crippen molar-refractivity contribution in [2.45, 2.75) is 26.2 Å². The molecule has 1 aromatic heterocycles. The maximum Gasteiger partial charge on any atom is 0.453 e. The van der Waals surface area contributed by atoms with Crippen LogP contribution in [0.1, 0.15) is 22.5 Å². The van der Waals surface area contributed by atoms with E-state index in [2.05, 4.69) is 0 Å². The third-order valence-electron chi connectivity index (χ3n) is 5.42. The third-order valence-corrected chi connectivity index (χ3v) is 5.42. The molecule has 176 valence electrons. The van der Waals surface area contributed by atoms with E-state index < -0.39 is 23.1 Å². The van der Waals surface area contributed by atoms with E-state index in [0.29, 0.717) is 6.54 Å². The summed E-state index contributed by atoms with van der Waals surface area (Å²) in [4.78, 5) is 14.0. The van der Waals surface area contributed by atoms with Crippen molar-refractivity contribution in [3.05, 3.63) is 99.4 Å². The summed E-state index contributed by atoms with van der Waals surface area (Å²) in [6.45, 7) is 2.51. The molecule has 1 heterocycles.